The fourth-order valence-corrected chi connectivity index (χ4v) is 3.06. The van der Waals surface area contributed by atoms with E-state index in [1.165, 1.54) is 45.3 Å². The summed E-state index contributed by atoms with van der Waals surface area (Å²) in [4.78, 5) is 6.77. The molecule has 0 bridgehead atoms. The van der Waals surface area contributed by atoms with Crippen molar-refractivity contribution in [2.75, 3.05) is 31.5 Å². The van der Waals surface area contributed by atoms with Gasteiger partial charge in [-0.05, 0) is 66.7 Å². The number of anilines is 1. The highest BCUT2D eigenvalue weighted by molar-refractivity contribution is 9.10. The molecular formula is C15H24BrN3. The van der Waals surface area contributed by atoms with E-state index >= 15 is 0 Å². The van der Waals surface area contributed by atoms with Crippen molar-refractivity contribution in [2.24, 2.45) is 5.92 Å². The summed E-state index contributed by atoms with van der Waals surface area (Å²) >= 11 is 3.43. The number of likely N-dealkylation sites (tertiary alicyclic amines) is 1. The summed E-state index contributed by atoms with van der Waals surface area (Å²) in [7, 11) is 0. The highest BCUT2D eigenvalue weighted by Crippen LogP contribution is 2.16. The average molecular weight is 326 g/mol. The van der Waals surface area contributed by atoms with E-state index < -0.39 is 0 Å². The van der Waals surface area contributed by atoms with E-state index in [4.69, 9.17) is 0 Å². The van der Waals surface area contributed by atoms with Crippen LogP contribution in [0.4, 0.5) is 5.69 Å². The zero-order valence-corrected chi connectivity index (χ0v) is 13.3. The standard InChI is InChI=1S/C15H24BrN3/c1-13-5-4-8-19(12-13)7-3-2-6-18-15-9-14(16)10-17-11-15/h9-11,13,18H,2-8,12H2,1H3. The first kappa shape index (κ1) is 14.8. The summed E-state index contributed by atoms with van der Waals surface area (Å²) in [6, 6.07) is 2.07. The van der Waals surface area contributed by atoms with Gasteiger partial charge in [-0.3, -0.25) is 4.98 Å². The minimum Gasteiger partial charge on any atom is -0.384 e. The van der Waals surface area contributed by atoms with Crippen LogP contribution in [-0.4, -0.2) is 36.1 Å². The molecule has 19 heavy (non-hydrogen) atoms. The first-order valence-electron chi connectivity index (χ1n) is 7.31. The molecule has 0 amide bonds. The SMILES string of the molecule is CC1CCCN(CCCCNc2cncc(Br)c2)C1. The molecule has 0 aliphatic carbocycles. The van der Waals surface area contributed by atoms with Crippen molar-refractivity contribution in [2.45, 2.75) is 32.6 Å². The van der Waals surface area contributed by atoms with Gasteiger partial charge >= 0.3 is 0 Å². The van der Waals surface area contributed by atoms with Crippen LogP contribution in [0.2, 0.25) is 0 Å². The topological polar surface area (TPSA) is 28.2 Å². The Labute approximate surface area is 124 Å². The summed E-state index contributed by atoms with van der Waals surface area (Å²) in [5.74, 6) is 0.889. The van der Waals surface area contributed by atoms with Gasteiger partial charge in [0.15, 0.2) is 0 Å². The molecule has 2 rings (SSSR count). The zero-order chi connectivity index (χ0) is 13.5. The number of nitrogens with zero attached hydrogens (tertiary/aromatic N) is 2. The molecule has 1 fully saturated rings. The van der Waals surface area contributed by atoms with E-state index in [0.717, 1.165) is 22.6 Å². The largest absolute Gasteiger partial charge is 0.384 e. The average Bonchev–Trinajstić information content (AvgIpc) is 2.38. The number of piperidine rings is 1. The van der Waals surface area contributed by atoms with Gasteiger partial charge in [0.2, 0.25) is 0 Å². The molecule has 1 N–H and O–H groups in total. The van der Waals surface area contributed by atoms with Crippen LogP contribution >= 0.6 is 15.9 Å². The van der Waals surface area contributed by atoms with Crippen LogP contribution in [0, 0.1) is 5.92 Å². The third-order valence-electron chi connectivity index (χ3n) is 3.68. The van der Waals surface area contributed by atoms with Crippen LogP contribution in [0.3, 0.4) is 0 Å². The summed E-state index contributed by atoms with van der Waals surface area (Å²) < 4.78 is 1.03. The van der Waals surface area contributed by atoms with Crippen molar-refractivity contribution in [1.29, 1.82) is 0 Å². The lowest BCUT2D eigenvalue weighted by Gasteiger charge is -2.30. The molecule has 1 unspecified atom stereocenters. The Bertz CT molecular complexity index is 383. The molecule has 1 saturated heterocycles. The third-order valence-corrected chi connectivity index (χ3v) is 4.11. The van der Waals surface area contributed by atoms with E-state index in [1.54, 1.807) is 0 Å². The van der Waals surface area contributed by atoms with Gasteiger partial charge in [-0.15, -0.1) is 0 Å². The first-order chi connectivity index (χ1) is 9.24. The molecule has 0 aromatic carbocycles. The summed E-state index contributed by atoms with van der Waals surface area (Å²) in [5, 5.41) is 3.42. The predicted octanol–water partition coefficient (Wildman–Crippen LogP) is 3.77. The van der Waals surface area contributed by atoms with Crippen molar-refractivity contribution < 1.29 is 0 Å². The van der Waals surface area contributed by atoms with Crippen LogP contribution in [0.15, 0.2) is 22.9 Å². The Hall–Kier alpha value is -0.610. The van der Waals surface area contributed by atoms with E-state index in [9.17, 15) is 0 Å². The molecular weight excluding hydrogens is 302 g/mol. The van der Waals surface area contributed by atoms with Crippen LogP contribution in [0.1, 0.15) is 32.6 Å². The number of aromatic nitrogens is 1. The van der Waals surface area contributed by atoms with E-state index in [2.05, 4.69) is 44.1 Å². The fraction of sp³-hybridized carbons (Fsp3) is 0.667. The molecule has 0 radical (unpaired) electrons. The van der Waals surface area contributed by atoms with Crippen molar-refractivity contribution in [3.05, 3.63) is 22.9 Å². The van der Waals surface area contributed by atoms with E-state index in [1.807, 2.05) is 12.4 Å². The molecule has 1 aliphatic rings. The van der Waals surface area contributed by atoms with Crippen LogP contribution in [0.25, 0.3) is 0 Å². The number of halogens is 1. The number of nitrogens with one attached hydrogen (secondary N) is 1. The molecule has 0 saturated carbocycles. The number of unbranched alkanes of at least 4 members (excludes halogenated alkanes) is 1. The molecule has 1 atom stereocenters. The molecule has 2 heterocycles. The molecule has 4 heteroatoms. The highest BCUT2D eigenvalue weighted by Gasteiger charge is 2.15. The van der Waals surface area contributed by atoms with Crippen molar-refractivity contribution >= 4 is 21.6 Å². The second-order valence-corrected chi connectivity index (χ2v) is 6.49. The van der Waals surface area contributed by atoms with Gasteiger partial charge in [-0.2, -0.15) is 0 Å². The van der Waals surface area contributed by atoms with Crippen LogP contribution < -0.4 is 5.32 Å². The first-order valence-corrected chi connectivity index (χ1v) is 8.10. The maximum atomic E-state index is 4.15. The maximum absolute atomic E-state index is 4.15. The Morgan fingerprint density at radius 3 is 3.11 bits per heavy atom. The highest BCUT2D eigenvalue weighted by atomic mass is 79.9. The van der Waals surface area contributed by atoms with Gasteiger partial charge < -0.3 is 10.2 Å². The number of pyridine rings is 1. The smallest absolute Gasteiger partial charge is 0.0538 e. The Kier molecular flexibility index (Phi) is 6.11. The van der Waals surface area contributed by atoms with E-state index in [0.29, 0.717) is 0 Å². The number of rotatable bonds is 6. The predicted molar refractivity (Wildman–Crippen MR) is 84.5 cm³/mol. The lowest BCUT2D eigenvalue weighted by Crippen LogP contribution is -2.35. The lowest BCUT2D eigenvalue weighted by molar-refractivity contribution is 0.181. The second-order valence-electron chi connectivity index (χ2n) is 5.57. The normalized spacial score (nSPS) is 20.4. The minimum atomic E-state index is 0.889. The summed E-state index contributed by atoms with van der Waals surface area (Å²) in [6.07, 6.45) is 8.97. The minimum absolute atomic E-state index is 0.889. The zero-order valence-electron chi connectivity index (χ0n) is 11.7. The quantitative estimate of drug-likeness (QED) is 0.807. The van der Waals surface area contributed by atoms with Crippen molar-refractivity contribution in [1.82, 2.24) is 9.88 Å². The monoisotopic (exact) mass is 325 g/mol. The molecule has 1 aromatic heterocycles. The second kappa shape index (κ2) is 7.85. The molecule has 1 aromatic rings. The van der Waals surface area contributed by atoms with Crippen LogP contribution in [-0.2, 0) is 0 Å². The summed E-state index contributed by atoms with van der Waals surface area (Å²) in [5.41, 5.74) is 1.10. The molecule has 106 valence electrons. The van der Waals surface area contributed by atoms with Gasteiger partial charge in [0.25, 0.3) is 0 Å². The fourth-order valence-electron chi connectivity index (χ4n) is 2.69. The molecule has 0 spiro atoms. The van der Waals surface area contributed by atoms with Gasteiger partial charge in [0, 0.05) is 23.8 Å². The van der Waals surface area contributed by atoms with Gasteiger partial charge in [0.1, 0.15) is 0 Å². The van der Waals surface area contributed by atoms with Crippen LogP contribution in [0.5, 0.6) is 0 Å². The molecule has 1 aliphatic heterocycles. The van der Waals surface area contributed by atoms with Crippen molar-refractivity contribution in [3.63, 3.8) is 0 Å². The Morgan fingerprint density at radius 1 is 1.42 bits per heavy atom. The summed E-state index contributed by atoms with van der Waals surface area (Å²) in [6.45, 7) is 7.24. The Balaban J connectivity index is 1.57. The Morgan fingerprint density at radius 2 is 2.32 bits per heavy atom. The molecule has 3 nitrogen and oxygen atoms in total. The van der Waals surface area contributed by atoms with Gasteiger partial charge in [-0.1, -0.05) is 6.92 Å². The van der Waals surface area contributed by atoms with E-state index in [-0.39, 0.29) is 0 Å². The van der Waals surface area contributed by atoms with Gasteiger partial charge in [0.05, 0.1) is 11.9 Å². The lowest BCUT2D eigenvalue weighted by atomic mass is 10.0. The van der Waals surface area contributed by atoms with Crippen molar-refractivity contribution in [3.8, 4) is 0 Å². The third kappa shape index (κ3) is 5.49. The maximum Gasteiger partial charge on any atom is 0.0538 e. The number of hydrogen-bond donors (Lipinski definition) is 1. The van der Waals surface area contributed by atoms with Gasteiger partial charge in [-0.25, -0.2) is 0 Å². The number of hydrogen-bond acceptors (Lipinski definition) is 3.